The molecule has 6 aliphatic rings. The molecule has 0 radical (unpaired) electrons. The molecule has 10 nitrogen and oxygen atoms in total. The van der Waals surface area contributed by atoms with E-state index in [1.807, 2.05) is 20.0 Å². The molecule has 1 fully saturated rings. The average Bonchev–Trinajstić information content (AvgIpc) is 3.88. The van der Waals surface area contributed by atoms with Crippen LogP contribution in [0.4, 0.5) is 0 Å². The third kappa shape index (κ3) is 6.84. The molecule has 0 spiro atoms. The van der Waals surface area contributed by atoms with E-state index >= 15 is 0 Å². The van der Waals surface area contributed by atoms with Gasteiger partial charge in [0.15, 0.2) is 11.4 Å². The van der Waals surface area contributed by atoms with Crippen molar-refractivity contribution in [1.82, 2.24) is 21.3 Å². The van der Waals surface area contributed by atoms with Crippen LogP contribution < -0.4 is 21.3 Å². The van der Waals surface area contributed by atoms with Crippen molar-refractivity contribution in [3.63, 3.8) is 0 Å². The molecule has 0 amide bonds. The van der Waals surface area contributed by atoms with Gasteiger partial charge in [-0.1, -0.05) is 68.8 Å². The summed E-state index contributed by atoms with van der Waals surface area (Å²) in [4.78, 5) is 44.1. The van der Waals surface area contributed by atoms with Crippen LogP contribution in [0.3, 0.4) is 0 Å². The maximum Gasteiger partial charge on any atom is 0.350 e. The number of Topliss-reactive ketones (excluding diaryl/α,β-unsaturated/α-hetero) is 2. The van der Waals surface area contributed by atoms with E-state index in [-0.39, 0.29) is 54.8 Å². The first-order chi connectivity index (χ1) is 26.1. The van der Waals surface area contributed by atoms with Gasteiger partial charge in [-0.05, 0) is 112 Å². The van der Waals surface area contributed by atoms with E-state index in [2.05, 4.69) is 66.3 Å². The Morgan fingerprint density at radius 3 is 2.78 bits per heavy atom. The minimum Gasteiger partial charge on any atom is -0.463 e. The van der Waals surface area contributed by atoms with Gasteiger partial charge in [0.2, 0.25) is 5.78 Å². The highest BCUT2D eigenvalue weighted by Crippen LogP contribution is 2.60. The molecule has 6 unspecified atom stereocenters. The van der Waals surface area contributed by atoms with E-state index < -0.39 is 28.7 Å². The SMILES string of the molecule is CCNC1C=C2C=CCCC2CC1COC(=O)C12OC1(CC(CO)=C(C)CCC1=CCNC3=C1CCC(NC)N3)C(=O)c1cccc(CC(C)C)c1C2=O. The summed E-state index contributed by atoms with van der Waals surface area (Å²) in [5.74, 6) is -0.0214. The van der Waals surface area contributed by atoms with E-state index in [1.165, 1.54) is 16.7 Å². The topological polar surface area (TPSA) is 141 Å². The van der Waals surface area contributed by atoms with Crippen molar-refractivity contribution in [2.75, 3.05) is 33.4 Å². The van der Waals surface area contributed by atoms with E-state index in [1.54, 1.807) is 12.1 Å². The Bertz CT molecular complexity index is 1840. The molecule has 54 heavy (non-hydrogen) atoms. The number of rotatable bonds is 14. The molecule has 1 aromatic carbocycles. The standard InChI is InChI=1S/C44H58N4O6/c1-6-46-36-22-30-11-8-7-10-29(30)21-32(36)25-53-42(52)44-40(51)38-31(20-26(2)3)12-9-13-35(38)39(50)43(44,54-44)23-33(24-49)27(4)14-15-28-18-19-47-41-34(28)16-17-37(45-5)48-41/h8-9,11-13,18,22,26,29,32,36-37,45-49H,6-7,10,14-17,19-21,23-25H2,1-5H3. The molecule has 0 aromatic heterocycles. The first-order valence-corrected chi connectivity index (χ1v) is 20.2. The van der Waals surface area contributed by atoms with Gasteiger partial charge in [-0.3, -0.25) is 9.59 Å². The fourth-order valence-corrected chi connectivity index (χ4v) is 9.55. The Labute approximate surface area is 320 Å². The molecule has 1 aromatic rings. The van der Waals surface area contributed by atoms with Gasteiger partial charge >= 0.3 is 5.97 Å². The first-order valence-electron chi connectivity index (χ1n) is 20.2. The summed E-state index contributed by atoms with van der Waals surface area (Å²) in [6.45, 7) is 9.44. The van der Waals surface area contributed by atoms with Crippen molar-refractivity contribution in [3.05, 3.63) is 92.9 Å². The molecule has 1 saturated heterocycles. The highest BCUT2D eigenvalue weighted by Gasteiger charge is 2.85. The number of carbonyl (C=O) groups excluding carboxylic acids is 3. The Hall–Kier alpha value is -3.83. The lowest BCUT2D eigenvalue weighted by atomic mass is 9.69. The van der Waals surface area contributed by atoms with Crippen LogP contribution in [0.2, 0.25) is 0 Å². The number of nitrogens with one attached hydrogen (secondary N) is 4. The highest BCUT2D eigenvalue weighted by atomic mass is 16.7. The molecule has 3 aliphatic heterocycles. The largest absolute Gasteiger partial charge is 0.463 e. The van der Waals surface area contributed by atoms with E-state index in [0.29, 0.717) is 24.3 Å². The molecule has 0 saturated carbocycles. The summed E-state index contributed by atoms with van der Waals surface area (Å²) >= 11 is 0. The van der Waals surface area contributed by atoms with E-state index in [0.717, 1.165) is 68.6 Å². The van der Waals surface area contributed by atoms with Gasteiger partial charge in [0.25, 0.3) is 5.60 Å². The van der Waals surface area contributed by atoms with Crippen LogP contribution in [-0.4, -0.2) is 79.4 Å². The quantitative estimate of drug-likeness (QED) is 0.0734. The van der Waals surface area contributed by atoms with Crippen LogP contribution in [-0.2, 0) is 20.7 Å². The number of allylic oxidation sites excluding steroid dienone is 6. The second kappa shape index (κ2) is 15.7. The van der Waals surface area contributed by atoms with Gasteiger partial charge in [0.05, 0.1) is 19.4 Å². The molecule has 0 bridgehead atoms. The third-order valence-corrected chi connectivity index (χ3v) is 12.6. The van der Waals surface area contributed by atoms with Crippen molar-refractivity contribution in [1.29, 1.82) is 0 Å². The Morgan fingerprint density at radius 1 is 1.19 bits per heavy atom. The zero-order valence-electron chi connectivity index (χ0n) is 32.6. The van der Waals surface area contributed by atoms with Crippen molar-refractivity contribution >= 4 is 17.5 Å². The van der Waals surface area contributed by atoms with Crippen LogP contribution in [0.5, 0.6) is 0 Å². The summed E-state index contributed by atoms with van der Waals surface area (Å²) in [6.07, 6.45) is 15.9. The molecule has 7 rings (SSSR count). The van der Waals surface area contributed by atoms with Gasteiger partial charge in [-0.2, -0.15) is 0 Å². The molecule has 3 aliphatic carbocycles. The first kappa shape index (κ1) is 38.4. The van der Waals surface area contributed by atoms with Crippen LogP contribution in [0.25, 0.3) is 0 Å². The predicted molar refractivity (Wildman–Crippen MR) is 209 cm³/mol. The van der Waals surface area contributed by atoms with Crippen LogP contribution >= 0.6 is 0 Å². The van der Waals surface area contributed by atoms with Crippen molar-refractivity contribution < 1.29 is 29.0 Å². The Morgan fingerprint density at radius 2 is 2.02 bits per heavy atom. The summed E-state index contributed by atoms with van der Waals surface area (Å²) in [5.41, 5.74) is 2.79. The summed E-state index contributed by atoms with van der Waals surface area (Å²) in [6, 6.07) is 5.36. The number of fused-ring (bicyclic) bond motifs is 3. The van der Waals surface area contributed by atoms with Crippen molar-refractivity contribution in [2.24, 2.45) is 17.8 Å². The summed E-state index contributed by atoms with van der Waals surface area (Å²) in [5, 5.41) is 24.7. The number of ketones is 2. The number of epoxide rings is 1. The number of hydrogen-bond donors (Lipinski definition) is 5. The fraction of sp³-hybridized carbons (Fsp3) is 0.568. The second-order valence-electron chi connectivity index (χ2n) is 16.4. The summed E-state index contributed by atoms with van der Waals surface area (Å²) in [7, 11) is 1.96. The number of aliphatic hydroxyl groups is 1. The minimum absolute atomic E-state index is 0.00966. The zero-order valence-corrected chi connectivity index (χ0v) is 32.6. The monoisotopic (exact) mass is 738 g/mol. The highest BCUT2D eigenvalue weighted by molar-refractivity contribution is 6.33. The lowest BCUT2D eigenvalue weighted by Gasteiger charge is -2.36. The summed E-state index contributed by atoms with van der Waals surface area (Å²) < 4.78 is 12.5. The van der Waals surface area contributed by atoms with Gasteiger partial charge in [0, 0.05) is 36.1 Å². The maximum atomic E-state index is 14.8. The lowest BCUT2D eigenvalue weighted by molar-refractivity contribution is -0.150. The Kier molecular flexibility index (Phi) is 11.2. The maximum absolute atomic E-state index is 14.8. The smallest absolute Gasteiger partial charge is 0.350 e. The molecule has 5 N–H and O–H groups in total. The minimum atomic E-state index is -2.10. The number of benzene rings is 1. The number of ether oxygens (including phenoxy) is 2. The fourth-order valence-electron chi connectivity index (χ4n) is 9.55. The molecular formula is C44H58N4O6. The molecule has 6 atom stereocenters. The molecule has 290 valence electrons. The van der Waals surface area contributed by atoms with E-state index in [9.17, 15) is 19.5 Å². The van der Waals surface area contributed by atoms with Crippen LogP contribution in [0.15, 0.2) is 76.2 Å². The Balaban J connectivity index is 1.17. The second-order valence-corrected chi connectivity index (χ2v) is 16.4. The number of likely N-dealkylation sites (N-methyl/N-ethyl adjacent to an activating group) is 1. The van der Waals surface area contributed by atoms with Crippen molar-refractivity contribution in [3.8, 4) is 0 Å². The normalized spacial score (nSPS) is 30.2. The van der Waals surface area contributed by atoms with Gasteiger partial charge in [-0.25, -0.2) is 4.79 Å². The lowest BCUT2D eigenvalue weighted by Crippen LogP contribution is -2.52. The number of carbonyl (C=O) groups is 3. The third-order valence-electron chi connectivity index (χ3n) is 12.6. The zero-order chi connectivity index (χ0) is 38.2. The number of hydrogen-bond acceptors (Lipinski definition) is 10. The number of esters is 1. The predicted octanol–water partition coefficient (Wildman–Crippen LogP) is 5.35. The van der Waals surface area contributed by atoms with E-state index in [4.69, 9.17) is 9.47 Å². The molecule has 3 heterocycles. The van der Waals surface area contributed by atoms with Gasteiger partial charge in [0.1, 0.15) is 5.82 Å². The average molecular weight is 739 g/mol. The molecular weight excluding hydrogens is 681 g/mol. The number of aliphatic hydroxyl groups excluding tert-OH is 1. The van der Waals surface area contributed by atoms with Gasteiger partial charge in [-0.15, -0.1) is 0 Å². The molecule has 10 heteroatoms. The van der Waals surface area contributed by atoms with Gasteiger partial charge < -0.3 is 35.8 Å². The van der Waals surface area contributed by atoms with Crippen LogP contribution in [0, 0.1) is 17.8 Å². The number of dihydropyridines is 1. The van der Waals surface area contributed by atoms with Crippen molar-refractivity contribution in [2.45, 2.75) is 109 Å². The van der Waals surface area contributed by atoms with Crippen LogP contribution in [0.1, 0.15) is 105 Å².